The first-order valence-electron chi connectivity index (χ1n) is 11.1. The van der Waals surface area contributed by atoms with Crippen LogP contribution < -0.4 is 10.6 Å². The van der Waals surface area contributed by atoms with Gasteiger partial charge in [-0.3, -0.25) is 14.9 Å². The summed E-state index contributed by atoms with van der Waals surface area (Å²) in [5, 5.41) is 5.32. The number of benzene rings is 2. The number of carbonyl (C=O) groups excluding carboxylic acids is 4. The van der Waals surface area contributed by atoms with Gasteiger partial charge in [-0.25, -0.2) is 9.59 Å². The molecule has 8 nitrogen and oxygen atoms in total. The van der Waals surface area contributed by atoms with Crippen LogP contribution in [-0.4, -0.2) is 54.5 Å². The maximum absolute atomic E-state index is 12.9. The van der Waals surface area contributed by atoms with E-state index in [4.69, 9.17) is 4.74 Å². The number of amides is 4. The minimum absolute atomic E-state index is 0.0709. The number of likely N-dealkylation sites (tertiary alicyclic amines) is 1. The van der Waals surface area contributed by atoms with Crippen LogP contribution >= 0.6 is 0 Å². The van der Waals surface area contributed by atoms with Crippen LogP contribution in [-0.2, 0) is 16.0 Å². The number of methoxy groups -OCH3 is 1. The molecule has 2 heterocycles. The standard InChI is InChI=1S/C25H27N3O5/c1-33-22(30)19-9-7-18(8-10-19)21(29)28-15-12-20(13-16-28)25(23(31)26-24(32)27-25)14-11-17-5-3-2-4-6-17/h2-10,20H,11-16H2,1H3,(H2,26,27,31,32). The molecule has 2 aliphatic heterocycles. The summed E-state index contributed by atoms with van der Waals surface area (Å²) in [5.74, 6) is -0.930. The second-order valence-corrected chi connectivity index (χ2v) is 8.50. The van der Waals surface area contributed by atoms with Crippen LogP contribution in [0.1, 0.15) is 45.5 Å². The number of nitrogens with zero attached hydrogens (tertiary/aromatic N) is 1. The number of nitrogens with one attached hydrogen (secondary N) is 2. The Balaban J connectivity index is 1.43. The Hall–Kier alpha value is -3.68. The predicted molar refractivity (Wildman–Crippen MR) is 121 cm³/mol. The molecular weight excluding hydrogens is 422 g/mol. The van der Waals surface area contributed by atoms with E-state index in [2.05, 4.69) is 10.6 Å². The molecule has 8 heteroatoms. The highest BCUT2D eigenvalue weighted by Crippen LogP contribution is 2.35. The van der Waals surface area contributed by atoms with Crippen molar-refractivity contribution in [3.63, 3.8) is 0 Å². The van der Waals surface area contributed by atoms with Crippen LogP contribution in [0.2, 0.25) is 0 Å². The predicted octanol–water partition coefficient (Wildman–Crippen LogP) is 2.54. The highest BCUT2D eigenvalue weighted by Gasteiger charge is 2.52. The van der Waals surface area contributed by atoms with Crippen molar-refractivity contribution in [2.24, 2.45) is 5.92 Å². The number of hydrogen-bond acceptors (Lipinski definition) is 5. The summed E-state index contributed by atoms with van der Waals surface area (Å²) in [7, 11) is 1.31. The van der Waals surface area contributed by atoms with Crippen molar-refractivity contribution < 1.29 is 23.9 Å². The molecule has 4 rings (SSSR count). The molecule has 2 fully saturated rings. The number of rotatable bonds is 6. The molecular formula is C25H27N3O5. The Morgan fingerprint density at radius 1 is 1.00 bits per heavy atom. The molecule has 33 heavy (non-hydrogen) atoms. The lowest BCUT2D eigenvalue weighted by Crippen LogP contribution is -2.56. The summed E-state index contributed by atoms with van der Waals surface area (Å²) in [4.78, 5) is 51.2. The molecule has 172 valence electrons. The average Bonchev–Trinajstić information content (AvgIpc) is 3.16. The van der Waals surface area contributed by atoms with Gasteiger partial charge in [-0.15, -0.1) is 0 Å². The summed E-state index contributed by atoms with van der Waals surface area (Å²) in [6, 6.07) is 15.8. The average molecular weight is 450 g/mol. The molecule has 2 aromatic rings. The molecule has 0 aliphatic carbocycles. The number of carbonyl (C=O) groups is 4. The molecule has 0 aromatic heterocycles. The van der Waals surface area contributed by atoms with E-state index >= 15 is 0 Å². The van der Waals surface area contributed by atoms with Crippen molar-refractivity contribution >= 4 is 23.8 Å². The second kappa shape index (κ2) is 9.44. The van der Waals surface area contributed by atoms with E-state index in [-0.39, 0.29) is 17.7 Å². The third-order valence-electron chi connectivity index (χ3n) is 6.65. The van der Waals surface area contributed by atoms with Crippen LogP contribution in [0, 0.1) is 5.92 Å². The monoisotopic (exact) mass is 449 g/mol. The van der Waals surface area contributed by atoms with Gasteiger partial charge in [-0.1, -0.05) is 30.3 Å². The van der Waals surface area contributed by atoms with Gasteiger partial charge in [0.2, 0.25) is 0 Å². The van der Waals surface area contributed by atoms with E-state index in [9.17, 15) is 19.2 Å². The van der Waals surface area contributed by atoms with E-state index in [1.165, 1.54) is 7.11 Å². The largest absolute Gasteiger partial charge is 0.465 e. The van der Waals surface area contributed by atoms with Crippen LogP contribution in [0.15, 0.2) is 54.6 Å². The molecule has 2 aliphatic rings. The zero-order valence-electron chi connectivity index (χ0n) is 18.5. The molecule has 0 bridgehead atoms. The van der Waals surface area contributed by atoms with Crippen molar-refractivity contribution in [1.29, 1.82) is 0 Å². The minimum atomic E-state index is -0.968. The van der Waals surface area contributed by atoms with Crippen LogP contribution in [0.5, 0.6) is 0 Å². The van der Waals surface area contributed by atoms with Crippen molar-refractivity contribution in [3.05, 3.63) is 71.3 Å². The van der Waals surface area contributed by atoms with Gasteiger partial charge < -0.3 is 15.0 Å². The van der Waals surface area contributed by atoms with Crippen molar-refractivity contribution in [2.45, 2.75) is 31.2 Å². The molecule has 4 amide bonds. The van der Waals surface area contributed by atoms with E-state index in [0.29, 0.717) is 49.9 Å². The molecule has 2 aromatic carbocycles. The molecule has 2 saturated heterocycles. The lowest BCUT2D eigenvalue weighted by Gasteiger charge is -2.40. The third kappa shape index (κ3) is 4.60. The van der Waals surface area contributed by atoms with Gasteiger partial charge in [-0.2, -0.15) is 0 Å². The SMILES string of the molecule is COC(=O)c1ccc(C(=O)N2CCC(C3(CCc4ccccc4)NC(=O)NC3=O)CC2)cc1. The van der Waals surface area contributed by atoms with Crippen LogP contribution in [0.4, 0.5) is 4.79 Å². The normalized spacial score (nSPS) is 20.8. The van der Waals surface area contributed by atoms with Gasteiger partial charge in [-0.05, 0) is 61.4 Å². The maximum Gasteiger partial charge on any atom is 0.337 e. The van der Waals surface area contributed by atoms with Crippen molar-refractivity contribution in [3.8, 4) is 0 Å². The fourth-order valence-electron chi connectivity index (χ4n) is 4.78. The van der Waals surface area contributed by atoms with E-state index in [1.807, 2.05) is 30.3 Å². The number of esters is 1. The molecule has 0 spiro atoms. The number of ether oxygens (including phenoxy) is 1. The summed E-state index contributed by atoms with van der Waals surface area (Å²) in [6.07, 6.45) is 2.38. The lowest BCUT2D eigenvalue weighted by atomic mass is 9.74. The fourth-order valence-corrected chi connectivity index (χ4v) is 4.78. The first-order chi connectivity index (χ1) is 15.9. The first kappa shape index (κ1) is 22.5. The van der Waals surface area contributed by atoms with Crippen molar-refractivity contribution in [2.75, 3.05) is 20.2 Å². The number of urea groups is 1. The molecule has 0 radical (unpaired) electrons. The maximum atomic E-state index is 12.9. The summed E-state index contributed by atoms with van der Waals surface area (Å²) < 4.78 is 4.69. The summed E-state index contributed by atoms with van der Waals surface area (Å²) in [6.45, 7) is 0.969. The highest BCUT2D eigenvalue weighted by atomic mass is 16.5. The van der Waals surface area contributed by atoms with Gasteiger partial charge >= 0.3 is 12.0 Å². The first-order valence-corrected chi connectivity index (χ1v) is 11.1. The molecule has 2 N–H and O–H groups in total. The van der Waals surface area contributed by atoms with Crippen LogP contribution in [0.25, 0.3) is 0 Å². The van der Waals surface area contributed by atoms with Gasteiger partial charge in [0.15, 0.2) is 0 Å². The van der Waals surface area contributed by atoms with E-state index in [0.717, 1.165) is 5.56 Å². The number of piperidine rings is 1. The Labute approximate surface area is 192 Å². The lowest BCUT2D eigenvalue weighted by molar-refractivity contribution is -0.126. The molecule has 1 atom stereocenters. The zero-order valence-corrected chi connectivity index (χ0v) is 18.5. The van der Waals surface area contributed by atoms with Gasteiger partial charge in [0.25, 0.3) is 11.8 Å². The summed E-state index contributed by atoms with van der Waals surface area (Å²) >= 11 is 0. The number of imide groups is 1. The Bertz CT molecular complexity index is 1050. The van der Waals surface area contributed by atoms with Crippen molar-refractivity contribution in [1.82, 2.24) is 15.5 Å². The van der Waals surface area contributed by atoms with Crippen LogP contribution in [0.3, 0.4) is 0 Å². The minimum Gasteiger partial charge on any atom is -0.465 e. The second-order valence-electron chi connectivity index (χ2n) is 8.50. The quantitative estimate of drug-likeness (QED) is 0.521. The molecule has 0 saturated carbocycles. The molecule has 1 unspecified atom stereocenters. The van der Waals surface area contributed by atoms with Gasteiger partial charge in [0, 0.05) is 18.7 Å². The fraction of sp³-hybridized carbons (Fsp3) is 0.360. The third-order valence-corrected chi connectivity index (χ3v) is 6.65. The topological polar surface area (TPSA) is 105 Å². The Kier molecular flexibility index (Phi) is 6.44. The Morgan fingerprint density at radius 2 is 1.64 bits per heavy atom. The number of hydrogen-bond donors (Lipinski definition) is 2. The van der Waals surface area contributed by atoms with Gasteiger partial charge in [0.05, 0.1) is 12.7 Å². The summed E-state index contributed by atoms with van der Waals surface area (Å²) in [5.41, 5.74) is 1.02. The highest BCUT2D eigenvalue weighted by molar-refractivity contribution is 6.07. The number of aryl methyl sites for hydroxylation is 1. The van der Waals surface area contributed by atoms with E-state index < -0.39 is 17.5 Å². The van der Waals surface area contributed by atoms with Gasteiger partial charge in [0.1, 0.15) is 5.54 Å². The zero-order chi connectivity index (χ0) is 23.4. The van der Waals surface area contributed by atoms with E-state index in [1.54, 1.807) is 29.2 Å². The Morgan fingerprint density at radius 3 is 2.21 bits per heavy atom. The smallest absolute Gasteiger partial charge is 0.337 e.